The van der Waals surface area contributed by atoms with Gasteiger partial charge in [-0.2, -0.15) is 0 Å². The van der Waals surface area contributed by atoms with Crippen LogP contribution in [0.25, 0.3) is 0 Å². The molecule has 9 nitrogen and oxygen atoms in total. The van der Waals surface area contributed by atoms with Crippen molar-refractivity contribution in [2.24, 2.45) is 29.1 Å². The van der Waals surface area contributed by atoms with E-state index in [1.54, 1.807) is 0 Å². The molecular formula is C43H76N2O7. The number of allylic oxidation sites excluding steroid dienone is 2. The number of hydrogen-bond acceptors (Lipinski definition) is 9. The van der Waals surface area contributed by atoms with Gasteiger partial charge in [0.05, 0.1) is 18.9 Å². The van der Waals surface area contributed by atoms with Gasteiger partial charge in [0.2, 0.25) is 0 Å². The molecular weight excluding hydrogens is 656 g/mol. The van der Waals surface area contributed by atoms with Gasteiger partial charge in [-0.3, -0.25) is 9.59 Å². The molecule has 0 radical (unpaired) electrons. The first kappa shape index (κ1) is 44.3. The Balaban J connectivity index is 1.32. The normalized spacial score (nSPS) is 24.0. The summed E-state index contributed by atoms with van der Waals surface area (Å²) in [6.07, 6.45) is 26.9. The van der Waals surface area contributed by atoms with Crippen LogP contribution in [0.5, 0.6) is 0 Å². The predicted octanol–water partition coefficient (Wildman–Crippen LogP) is 9.42. The van der Waals surface area contributed by atoms with Crippen LogP contribution in [0.4, 0.5) is 4.79 Å². The Hall–Kier alpha value is -2.13. The van der Waals surface area contributed by atoms with Gasteiger partial charge in [-0.25, -0.2) is 4.79 Å². The van der Waals surface area contributed by atoms with Crippen LogP contribution in [0, 0.1) is 29.1 Å². The summed E-state index contributed by atoms with van der Waals surface area (Å²) in [6, 6.07) is 0. The Kier molecular flexibility index (Phi) is 22.7. The van der Waals surface area contributed by atoms with Crippen LogP contribution in [-0.4, -0.2) is 82.1 Å². The second-order valence-electron chi connectivity index (χ2n) is 16.8. The summed E-state index contributed by atoms with van der Waals surface area (Å²) >= 11 is 0. The van der Waals surface area contributed by atoms with Gasteiger partial charge in [-0.15, -0.1) is 0 Å². The highest BCUT2D eigenvalue weighted by atomic mass is 16.7. The highest BCUT2D eigenvalue weighted by Gasteiger charge is 2.45. The molecule has 2 aliphatic carbocycles. The first-order chi connectivity index (χ1) is 25.3. The second kappa shape index (κ2) is 26.6. The molecule has 3 atom stereocenters. The molecule has 0 aromatic rings. The third-order valence-corrected chi connectivity index (χ3v) is 11.4. The third kappa shape index (κ3) is 19.8. The van der Waals surface area contributed by atoms with E-state index in [0.29, 0.717) is 30.6 Å². The van der Waals surface area contributed by atoms with E-state index >= 15 is 0 Å². The zero-order chi connectivity index (χ0) is 37.3. The number of carbonyl (C=O) groups excluding carboxylic acids is 3. The largest absolute Gasteiger partial charge is 0.508 e. The van der Waals surface area contributed by atoms with Crippen molar-refractivity contribution < 1.29 is 33.3 Å². The molecule has 1 saturated heterocycles. The Morgan fingerprint density at radius 2 is 1.29 bits per heavy atom. The third-order valence-electron chi connectivity index (χ3n) is 11.4. The summed E-state index contributed by atoms with van der Waals surface area (Å²) in [5.74, 6) is 1.05. The molecule has 0 aromatic heterocycles. The molecule has 2 saturated carbocycles. The maximum absolute atomic E-state index is 13.2. The molecule has 3 unspecified atom stereocenters. The van der Waals surface area contributed by atoms with Crippen LogP contribution in [-0.2, 0) is 28.5 Å². The molecule has 0 amide bonds. The van der Waals surface area contributed by atoms with Gasteiger partial charge in [0.1, 0.15) is 19.8 Å². The standard InChI is InChI=1S/C43H76N2O7/c1-4-5-6-7-8-9-10-11-12-13-14-15-16-17-18-20-40(46)50-33-39(35-52-42(48)49-26-19-23-45-24-21-44-22-25-45)34-51-41(47)32-43-29-36(2)27-38(31-43)28-37(3)30-43/h8-9,36-39,44H,4-7,10-35H2,1-3H3/b9-8-. The molecule has 3 rings (SSSR count). The lowest BCUT2D eigenvalue weighted by molar-refractivity contribution is -0.153. The second-order valence-corrected chi connectivity index (χ2v) is 16.8. The molecule has 0 aromatic carbocycles. The minimum atomic E-state index is -0.741. The Bertz CT molecular complexity index is 994. The minimum absolute atomic E-state index is 0.0227. The predicted molar refractivity (Wildman–Crippen MR) is 208 cm³/mol. The molecule has 9 heteroatoms. The average molecular weight is 733 g/mol. The topological polar surface area (TPSA) is 103 Å². The minimum Gasteiger partial charge on any atom is -0.465 e. The first-order valence-corrected chi connectivity index (χ1v) is 21.5. The van der Waals surface area contributed by atoms with Gasteiger partial charge in [0.15, 0.2) is 0 Å². The van der Waals surface area contributed by atoms with Crippen molar-refractivity contribution in [2.45, 2.75) is 156 Å². The fraction of sp³-hybridized carbons (Fsp3) is 0.884. The van der Waals surface area contributed by atoms with Gasteiger partial charge in [0, 0.05) is 39.1 Å². The van der Waals surface area contributed by atoms with Crippen LogP contribution < -0.4 is 5.32 Å². The van der Waals surface area contributed by atoms with Crippen molar-refractivity contribution in [3.63, 3.8) is 0 Å². The van der Waals surface area contributed by atoms with Crippen LogP contribution >= 0.6 is 0 Å². The molecule has 52 heavy (non-hydrogen) atoms. The molecule has 300 valence electrons. The van der Waals surface area contributed by atoms with Gasteiger partial charge >= 0.3 is 18.1 Å². The molecule has 1 N–H and O–H groups in total. The fourth-order valence-corrected chi connectivity index (χ4v) is 9.07. The maximum Gasteiger partial charge on any atom is 0.508 e. The van der Waals surface area contributed by atoms with E-state index in [2.05, 4.69) is 43.1 Å². The summed E-state index contributed by atoms with van der Waals surface area (Å²) in [5, 5.41) is 3.34. The number of rotatable bonds is 27. The highest BCUT2D eigenvalue weighted by Crippen LogP contribution is 2.54. The van der Waals surface area contributed by atoms with Gasteiger partial charge in [-0.1, -0.05) is 84.3 Å². The van der Waals surface area contributed by atoms with Crippen molar-refractivity contribution in [3.8, 4) is 0 Å². The van der Waals surface area contributed by atoms with E-state index in [4.69, 9.17) is 18.9 Å². The number of ether oxygens (including phenoxy) is 4. The Labute approximate surface area is 317 Å². The molecule has 1 aliphatic heterocycles. The van der Waals surface area contributed by atoms with Crippen molar-refractivity contribution in [1.82, 2.24) is 10.2 Å². The van der Waals surface area contributed by atoms with E-state index in [9.17, 15) is 14.4 Å². The lowest BCUT2D eigenvalue weighted by atomic mass is 9.56. The highest BCUT2D eigenvalue weighted by molar-refractivity contribution is 5.70. The van der Waals surface area contributed by atoms with Crippen LogP contribution in [0.3, 0.4) is 0 Å². The number of hydrogen-bond donors (Lipinski definition) is 1. The number of fused-ring (bicyclic) bond motifs is 2. The van der Waals surface area contributed by atoms with Crippen LogP contribution in [0.1, 0.15) is 156 Å². The first-order valence-electron chi connectivity index (χ1n) is 21.5. The monoisotopic (exact) mass is 733 g/mol. The van der Waals surface area contributed by atoms with Crippen molar-refractivity contribution in [1.29, 1.82) is 0 Å². The zero-order valence-corrected chi connectivity index (χ0v) is 33.5. The Morgan fingerprint density at radius 3 is 1.94 bits per heavy atom. The summed E-state index contributed by atoms with van der Waals surface area (Å²) in [4.78, 5) is 40.6. The number of carbonyl (C=O) groups is 3. The van der Waals surface area contributed by atoms with E-state index in [1.807, 2.05) is 0 Å². The number of unbranched alkanes of at least 4 members (excludes halogenated alkanes) is 11. The summed E-state index contributed by atoms with van der Waals surface area (Å²) < 4.78 is 22.2. The molecule has 1 heterocycles. The summed E-state index contributed by atoms with van der Waals surface area (Å²) in [5.41, 5.74) is 0.0227. The van der Waals surface area contributed by atoms with Crippen molar-refractivity contribution >= 4 is 18.1 Å². The SMILES string of the molecule is CCCCC/C=C\CCCCCCCCCCC(=O)OCC(COC(=O)CC12CC(C)CC(CC(C)C1)C2)COC(=O)OCCCN1CCNCC1. The fourth-order valence-electron chi connectivity index (χ4n) is 9.07. The zero-order valence-electron chi connectivity index (χ0n) is 33.5. The quantitative estimate of drug-likeness (QED) is 0.0383. The van der Waals surface area contributed by atoms with Crippen molar-refractivity contribution in [2.75, 3.05) is 59.2 Å². The number of piperazine rings is 1. The van der Waals surface area contributed by atoms with E-state index < -0.39 is 12.1 Å². The number of esters is 2. The maximum atomic E-state index is 13.2. The van der Waals surface area contributed by atoms with Crippen LogP contribution in [0.15, 0.2) is 12.2 Å². The van der Waals surface area contributed by atoms with Crippen molar-refractivity contribution in [3.05, 3.63) is 12.2 Å². The van der Waals surface area contributed by atoms with Gasteiger partial charge < -0.3 is 29.2 Å². The molecule has 3 aliphatic rings. The lowest BCUT2D eigenvalue weighted by Crippen LogP contribution is -2.43. The smallest absolute Gasteiger partial charge is 0.465 e. The number of nitrogens with zero attached hydrogens (tertiary/aromatic N) is 1. The van der Waals surface area contributed by atoms with Gasteiger partial charge in [-0.05, 0) is 93.8 Å². The molecule has 3 fully saturated rings. The summed E-state index contributed by atoms with van der Waals surface area (Å²) in [6.45, 7) is 12.0. The summed E-state index contributed by atoms with van der Waals surface area (Å²) in [7, 11) is 0. The lowest BCUT2D eigenvalue weighted by Gasteiger charge is -2.49. The molecule has 2 bridgehead atoms. The van der Waals surface area contributed by atoms with E-state index in [0.717, 1.165) is 77.7 Å². The van der Waals surface area contributed by atoms with Crippen LogP contribution in [0.2, 0.25) is 0 Å². The Morgan fingerprint density at radius 1 is 0.712 bits per heavy atom. The average Bonchev–Trinajstić information content (AvgIpc) is 3.11. The molecule has 0 spiro atoms. The van der Waals surface area contributed by atoms with E-state index in [-0.39, 0.29) is 43.8 Å². The van der Waals surface area contributed by atoms with E-state index in [1.165, 1.54) is 77.0 Å². The van der Waals surface area contributed by atoms with Gasteiger partial charge in [0.25, 0.3) is 0 Å². The number of nitrogens with one attached hydrogen (secondary N) is 1.